The van der Waals surface area contributed by atoms with E-state index in [-0.39, 0.29) is 0 Å². The highest BCUT2D eigenvalue weighted by molar-refractivity contribution is 4.48. The smallest absolute Gasteiger partial charge is 0.0466 e. The van der Waals surface area contributed by atoms with Crippen molar-refractivity contribution in [2.45, 2.75) is 123 Å². The van der Waals surface area contributed by atoms with Crippen molar-refractivity contribution in [1.29, 1.82) is 0 Å². The normalized spacial score (nSPS) is 11.2. The van der Waals surface area contributed by atoms with Crippen molar-refractivity contribution in [2.75, 3.05) is 13.2 Å². The lowest BCUT2D eigenvalue weighted by Crippen LogP contribution is -1.97. The topological polar surface area (TPSA) is 9.23 Å². The molecule has 0 aromatic rings. The van der Waals surface area contributed by atoms with Gasteiger partial charge in [-0.05, 0) is 12.8 Å². The summed E-state index contributed by atoms with van der Waals surface area (Å²) in [6.07, 6.45) is 23.7. The molecule has 1 heteroatoms. The molecule has 0 saturated carbocycles. The van der Waals surface area contributed by atoms with Crippen LogP contribution < -0.4 is 0 Å². The molecule has 0 radical (unpaired) electrons. The largest absolute Gasteiger partial charge is 0.381 e. The van der Waals surface area contributed by atoms with Crippen molar-refractivity contribution in [3.05, 3.63) is 0 Å². The van der Waals surface area contributed by atoms with Gasteiger partial charge in [0, 0.05) is 13.2 Å². The molecule has 0 aliphatic carbocycles. The fourth-order valence-electron chi connectivity index (χ4n) is 2.95. The van der Waals surface area contributed by atoms with E-state index in [4.69, 9.17) is 4.74 Å². The molecule has 0 unspecified atom stereocenters. The molecule has 0 aliphatic rings. The van der Waals surface area contributed by atoms with Crippen LogP contribution in [0.3, 0.4) is 0 Å². The van der Waals surface area contributed by atoms with Crippen LogP contribution in [-0.4, -0.2) is 13.2 Å². The fraction of sp³-hybridized carbons (Fsp3) is 1.00. The van der Waals surface area contributed by atoms with E-state index in [2.05, 4.69) is 13.8 Å². The summed E-state index contributed by atoms with van der Waals surface area (Å²) in [7, 11) is 0. The molecule has 0 saturated heterocycles. The molecular weight excluding hydrogens is 268 g/mol. The molecule has 0 heterocycles. The van der Waals surface area contributed by atoms with Crippen LogP contribution in [0.4, 0.5) is 0 Å². The molecule has 0 rings (SSSR count). The van der Waals surface area contributed by atoms with Crippen molar-refractivity contribution < 1.29 is 4.74 Å². The van der Waals surface area contributed by atoms with Crippen LogP contribution in [0, 0.1) is 0 Å². The average Bonchev–Trinajstić information content (AvgIpc) is 2.54. The Bertz CT molecular complexity index is 159. The molecule has 0 fully saturated rings. The first-order valence-corrected chi connectivity index (χ1v) is 10.5. The second-order valence-corrected chi connectivity index (χ2v) is 6.92. The van der Waals surface area contributed by atoms with Crippen LogP contribution in [0.15, 0.2) is 0 Å². The summed E-state index contributed by atoms with van der Waals surface area (Å²) in [5.41, 5.74) is 0. The highest BCUT2D eigenvalue weighted by atomic mass is 16.5. The Morgan fingerprint density at radius 1 is 0.364 bits per heavy atom. The summed E-state index contributed by atoms with van der Waals surface area (Å²) < 4.78 is 5.74. The van der Waals surface area contributed by atoms with Crippen LogP contribution in [0.2, 0.25) is 0 Å². The Morgan fingerprint density at radius 2 is 0.636 bits per heavy atom. The molecule has 0 aromatic heterocycles. The van der Waals surface area contributed by atoms with E-state index >= 15 is 0 Å². The SMILES string of the molecule is CCCCCCCCCCCOCCCCCCCCCC. The maximum Gasteiger partial charge on any atom is 0.0466 e. The van der Waals surface area contributed by atoms with Crippen molar-refractivity contribution >= 4 is 0 Å². The van der Waals surface area contributed by atoms with Crippen molar-refractivity contribution in [3.63, 3.8) is 0 Å². The summed E-state index contributed by atoms with van der Waals surface area (Å²) in [6, 6.07) is 0. The monoisotopic (exact) mass is 312 g/mol. The Hall–Kier alpha value is -0.0400. The molecule has 0 aromatic carbocycles. The molecule has 0 bridgehead atoms. The Labute approximate surface area is 141 Å². The predicted octanol–water partition coefficient (Wildman–Crippen LogP) is 7.67. The van der Waals surface area contributed by atoms with E-state index < -0.39 is 0 Å². The Morgan fingerprint density at radius 3 is 0.955 bits per heavy atom. The van der Waals surface area contributed by atoms with Crippen LogP contribution >= 0.6 is 0 Å². The van der Waals surface area contributed by atoms with E-state index in [1.165, 1.54) is 109 Å². The molecular formula is C21H44O. The third-order valence-corrected chi connectivity index (χ3v) is 4.53. The van der Waals surface area contributed by atoms with Gasteiger partial charge in [-0.3, -0.25) is 0 Å². The Kier molecular flexibility index (Phi) is 20.9. The van der Waals surface area contributed by atoms with Crippen LogP contribution in [0.5, 0.6) is 0 Å². The molecule has 0 amide bonds. The van der Waals surface area contributed by atoms with Gasteiger partial charge in [0.1, 0.15) is 0 Å². The van der Waals surface area contributed by atoms with E-state index in [9.17, 15) is 0 Å². The molecule has 1 nitrogen and oxygen atoms in total. The number of ether oxygens (including phenoxy) is 1. The van der Waals surface area contributed by atoms with Crippen molar-refractivity contribution in [1.82, 2.24) is 0 Å². The minimum absolute atomic E-state index is 0.992. The van der Waals surface area contributed by atoms with E-state index in [1.54, 1.807) is 0 Å². The summed E-state index contributed by atoms with van der Waals surface area (Å²) in [5.74, 6) is 0. The first-order chi connectivity index (χ1) is 10.9. The molecule has 0 N–H and O–H groups in total. The minimum atomic E-state index is 0.992. The lowest BCUT2D eigenvalue weighted by Gasteiger charge is -2.05. The number of rotatable bonds is 19. The summed E-state index contributed by atoms with van der Waals surface area (Å²) >= 11 is 0. The fourth-order valence-corrected chi connectivity index (χ4v) is 2.95. The third-order valence-electron chi connectivity index (χ3n) is 4.53. The maximum absolute atomic E-state index is 5.74. The van der Waals surface area contributed by atoms with E-state index in [0.717, 1.165) is 13.2 Å². The second-order valence-electron chi connectivity index (χ2n) is 6.92. The predicted molar refractivity (Wildman–Crippen MR) is 101 cm³/mol. The van der Waals surface area contributed by atoms with E-state index in [1.807, 2.05) is 0 Å². The van der Waals surface area contributed by atoms with E-state index in [0.29, 0.717) is 0 Å². The highest BCUT2D eigenvalue weighted by Crippen LogP contribution is 2.10. The molecule has 22 heavy (non-hydrogen) atoms. The molecule has 0 spiro atoms. The average molecular weight is 313 g/mol. The third kappa shape index (κ3) is 20.0. The first-order valence-electron chi connectivity index (χ1n) is 10.5. The van der Waals surface area contributed by atoms with Crippen molar-refractivity contribution in [3.8, 4) is 0 Å². The van der Waals surface area contributed by atoms with Gasteiger partial charge in [-0.15, -0.1) is 0 Å². The number of unbranched alkanes of at least 4 members (excludes halogenated alkanes) is 15. The molecule has 134 valence electrons. The van der Waals surface area contributed by atoms with Gasteiger partial charge < -0.3 is 4.74 Å². The van der Waals surface area contributed by atoms with Crippen LogP contribution in [-0.2, 0) is 4.74 Å². The zero-order valence-corrected chi connectivity index (χ0v) is 15.8. The second kappa shape index (κ2) is 21.0. The van der Waals surface area contributed by atoms with Gasteiger partial charge in [0.2, 0.25) is 0 Å². The lowest BCUT2D eigenvalue weighted by atomic mass is 10.1. The summed E-state index contributed by atoms with van der Waals surface area (Å²) in [4.78, 5) is 0. The lowest BCUT2D eigenvalue weighted by molar-refractivity contribution is 0.125. The molecule has 0 atom stereocenters. The maximum atomic E-state index is 5.74. The summed E-state index contributed by atoms with van der Waals surface area (Å²) in [6.45, 7) is 6.55. The van der Waals surface area contributed by atoms with Crippen LogP contribution in [0.1, 0.15) is 123 Å². The standard InChI is InChI=1S/C21H44O/c1-3-5-7-9-11-13-15-17-19-21-22-20-18-16-14-12-10-8-6-4-2/h3-21H2,1-2H3. The van der Waals surface area contributed by atoms with Gasteiger partial charge in [-0.25, -0.2) is 0 Å². The zero-order valence-electron chi connectivity index (χ0n) is 15.8. The zero-order chi connectivity index (χ0) is 16.1. The van der Waals surface area contributed by atoms with Gasteiger partial charge in [-0.1, -0.05) is 110 Å². The van der Waals surface area contributed by atoms with Crippen LogP contribution in [0.25, 0.3) is 0 Å². The van der Waals surface area contributed by atoms with Crippen molar-refractivity contribution in [2.24, 2.45) is 0 Å². The first kappa shape index (κ1) is 22.0. The molecule has 0 aliphatic heterocycles. The van der Waals surface area contributed by atoms with Gasteiger partial charge in [0.25, 0.3) is 0 Å². The minimum Gasteiger partial charge on any atom is -0.381 e. The van der Waals surface area contributed by atoms with Gasteiger partial charge in [0.15, 0.2) is 0 Å². The summed E-state index contributed by atoms with van der Waals surface area (Å²) in [5, 5.41) is 0. The van der Waals surface area contributed by atoms with Gasteiger partial charge >= 0.3 is 0 Å². The highest BCUT2D eigenvalue weighted by Gasteiger charge is 1.94. The quantitative estimate of drug-likeness (QED) is 0.222. The number of hydrogen-bond acceptors (Lipinski definition) is 1. The Balaban J connectivity index is 2.91. The van der Waals surface area contributed by atoms with Gasteiger partial charge in [0.05, 0.1) is 0 Å². The van der Waals surface area contributed by atoms with Gasteiger partial charge in [-0.2, -0.15) is 0 Å². The number of hydrogen-bond donors (Lipinski definition) is 0.